The first-order valence-electron chi connectivity index (χ1n) is 8.30. The Bertz CT molecular complexity index is 732. The van der Waals surface area contributed by atoms with E-state index < -0.39 is 0 Å². The quantitative estimate of drug-likeness (QED) is 0.788. The number of hydrogen-bond acceptors (Lipinski definition) is 3. The van der Waals surface area contributed by atoms with Gasteiger partial charge in [0.25, 0.3) is 0 Å². The van der Waals surface area contributed by atoms with E-state index in [9.17, 15) is 4.79 Å². The molecule has 0 fully saturated rings. The molecule has 4 nitrogen and oxygen atoms in total. The molecule has 0 aromatic heterocycles. The number of benzene rings is 2. The molecule has 0 aliphatic rings. The third kappa shape index (κ3) is 5.58. The van der Waals surface area contributed by atoms with Crippen LogP contribution in [0.4, 0.5) is 0 Å². The molecule has 25 heavy (non-hydrogen) atoms. The summed E-state index contributed by atoms with van der Waals surface area (Å²) >= 11 is 0. The molecule has 0 spiro atoms. The summed E-state index contributed by atoms with van der Waals surface area (Å²) in [7, 11) is 1.60. The molecule has 0 saturated heterocycles. The second kappa shape index (κ2) is 10.0. The second-order valence-corrected chi connectivity index (χ2v) is 5.38. The van der Waals surface area contributed by atoms with Gasteiger partial charge in [-0.1, -0.05) is 61.2 Å². The van der Waals surface area contributed by atoms with Gasteiger partial charge in [0.2, 0.25) is 5.91 Å². The zero-order chi connectivity index (χ0) is 17.9. The molecule has 0 saturated carbocycles. The Balaban J connectivity index is 1.79. The van der Waals surface area contributed by atoms with Crippen LogP contribution in [0.25, 0.3) is 0 Å². The molecule has 0 aliphatic heterocycles. The molecule has 2 aromatic rings. The average Bonchev–Trinajstić information content (AvgIpc) is 2.66. The van der Waals surface area contributed by atoms with Crippen LogP contribution in [0.1, 0.15) is 24.8 Å². The van der Waals surface area contributed by atoms with Gasteiger partial charge in [0.15, 0.2) is 11.5 Å². The Morgan fingerprint density at radius 1 is 1.04 bits per heavy atom. The first-order valence-corrected chi connectivity index (χ1v) is 8.30. The molecule has 0 bridgehead atoms. The van der Waals surface area contributed by atoms with E-state index in [-0.39, 0.29) is 18.4 Å². The van der Waals surface area contributed by atoms with E-state index in [1.807, 2.05) is 61.5 Å². The topological polar surface area (TPSA) is 47.6 Å². The van der Waals surface area contributed by atoms with Crippen molar-refractivity contribution in [2.24, 2.45) is 0 Å². The van der Waals surface area contributed by atoms with Crippen molar-refractivity contribution in [1.82, 2.24) is 5.32 Å². The van der Waals surface area contributed by atoms with Gasteiger partial charge in [0, 0.05) is 0 Å². The van der Waals surface area contributed by atoms with Crippen LogP contribution < -0.4 is 14.8 Å². The molecule has 0 aliphatic carbocycles. The van der Waals surface area contributed by atoms with Gasteiger partial charge in [-0.25, -0.2) is 0 Å². The minimum Gasteiger partial charge on any atom is -0.493 e. The van der Waals surface area contributed by atoms with E-state index in [1.54, 1.807) is 7.11 Å². The average molecular weight is 337 g/mol. The van der Waals surface area contributed by atoms with Gasteiger partial charge in [0.05, 0.1) is 19.6 Å². The molecular weight excluding hydrogens is 314 g/mol. The van der Waals surface area contributed by atoms with E-state index in [2.05, 4.69) is 17.2 Å². The van der Waals surface area contributed by atoms with E-state index in [1.165, 1.54) is 0 Å². The summed E-state index contributed by atoms with van der Waals surface area (Å²) in [6.07, 6.45) is 0.750. The fourth-order valence-corrected chi connectivity index (χ4v) is 2.48. The number of ether oxygens (including phenoxy) is 2. The van der Waals surface area contributed by atoms with Gasteiger partial charge in [-0.3, -0.25) is 4.79 Å². The summed E-state index contributed by atoms with van der Waals surface area (Å²) in [6, 6.07) is 17.2. The van der Waals surface area contributed by atoms with Crippen LogP contribution in [0, 0.1) is 11.8 Å². The number of para-hydroxylation sites is 2. The van der Waals surface area contributed by atoms with Crippen LogP contribution in [0.5, 0.6) is 11.5 Å². The number of carbonyl (C=O) groups is 1. The van der Waals surface area contributed by atoms with Crippen molar-refractivity contribution in [3.8, 4) is 23.3 Å². The van der Waals surface area contributed by atoms with Crippen LogP contribution >= 0.6 is 0 Å². The maximum Gasteiger partial charge on any atom is 0.228 e. The number of carbonyl (C=O) groups excluding carboxylic acids is 1. The highest BCUT2D eigenvalue weighted by Gasteiger charge is 2.17. The van der Waals surface area contributed by atoms with Crippen LogP contribution in [0.15, 0.2) is 54.6 Å². The minimum atomic E-state index is -0.146. The summed E-state index contributed by atoms with van der Waals surface area (Å²) < 4.78 is 10.8. The lowest BCUT2D eigenvalue weighted by Crippen LogP contribution is -2.29. The number of amides is 1. The molecule has 130 valence electrons. The zero-order valence-electron chi connectivity index (χ0n) is 14.6. The van der Waals surface area contributed by atoms with Gasteiger partial charge in [-0.15, -0.1) is 0 Å². The second-order valence-electron chi connectivity index (χ2n) is 5.38. The molecule has 1 unspecified atom stereocenters. The van der Waals surface area contributed by atoms with Crippen LogP contribution in [0.3, 0.4) is 0 Å². The van der Waals surface area contributed by atoms with E-state index in [0.717, 1.165) is 12.0 Å². The monoisotopic (exact) mass is 337 g/mol. The first-order chi connectivity index (χ1) is 12.3. The first kappa shape index (κ1) is 18.4. The molecule has 0 heterocycles. The van der Waals surface area contributed by atoms with E-state index in [4.69, 9.17) is 9.47 Å². The molecule has 0 radical (unpaired) electrons. The fraction of sp³-hybridized carbons (Fsp3) is 0.286. The van der Waals surface area contributed by atoms with E-state index >= 15 is 0 Å². The summed E-state index contributed by atoms with van der Waals surface area (Å²) in [6.45, 7) is 2.55. The Labute approximate surface area is 149 Å². The molecular formula is C21H23NO3. The summed E-state index contributed by atoms with van der Waals surface area (Å²) in [5.74, 6) is 6.97. The van der Waals surface area contributed by atoms with Gasteiger partial charge < -0.3 is 14.8 Å². The minimum absolute atomic E-state index is 0.00588. The highest BCUT2D eigenvalue weighted by Crippen LogP contribution is 2.25. The van der Waals surface area contributed by atoms with Crippen molar-refractivity contribution in [3.63, 3.8) is 0 Å². The van der Waals surface area contributed by atoms with Crippen molar-refractivity contribution < 1.29 is 14.3 Å². The molecule has 1 amide bonds. The van der Waals surface area contributed by atoms with E-state index in [0.29, 0.717) is 18.0 Å². The predicted octanol–water partition coefficient (Wildman–Crippen LogP) is 3.39. The van der Waals surface area contributed by atoms with Crippen molar-refractivity contribution in [1.29, 1.82) is 0 Å². The number of rotatable bonds is 7. The maximum absolute atomic E-state index is 12.3. The summed E-state index contributed by atoms with van der Waals surface area (Å²) in [5, 5.41) is 2.86. The number of nitrogens with one attached hydrogen (secondary N) is 1. The van der Waals surface area contributed by atoms with Gasteiger partial charge in [0.1, 0.15) is 6.61 Å². The molecule has 2 rings (SSSR count). The van der Waals surface area contributed by atoms with Gasteiger partial charge in [-0.05, 0) is 24.1 Å². The molecule has 1 atom stereocenters. The Hall–Kier alpha value is -2.93. The molecule has 1 N–H and O–H groups in total. The lowest BCUT2D eigenvalue weighted by molar-refractivity contribution is -0.122. The third-order valence-corrected chi connectivity index (χ3v) is 3.77. The largest absolute Gasteiger partial charge is 0.493 e. The standard InChI is InChI=1S/C21H23NO3/c1-3-18(17-11-5-4-6-12-17)21(23)22-15-9-10-16-25-20-14-8-7-13-19(20)24-2/h4-8,11-14,18H,3,15-16H2,1-2H3,(H,22,23). The van der Waals surface area contributed by atoms with Crippen molar-refractivity contribution in [2.75, 3.05) is 20.3 Å². The van der Waals surface area contributed by atoms with Crippen molar-refractivity contribution >= 4 is 5.91 Å². The lowest BCUT2D eigenvalue weighted by atomic mass is 9.96. The number of hydrogen-bond donors (Lipinski definition) is 1. The summed E-state index contributed by atoms with van der Waals surface area (Å²) in [5.41, 5.74) is 1.02. The van der Waals surface area contributed by atoms with Crippen molar-refractivity contribution in [2.45, 2.75) is 19.3 Å². The maximum atomic E-state index is 12.3. The molecule has 2 aromatic carbocycles. The summed E-state index contributed by atoms with van der Waals surface area (Å²) in [4.78, 5) is 12.3. The molecule has 4 heteroatoms. The van der Waals surface area contributed by atoms with Crippen LogP contribution in [-0.2, 0) is 4.79 Å². The Morgan fingerprint density at radius 3 is 2.40 bits per heavy atom. The zero-order valence-corrected chi connectivity index (χ0v) is 14.6. The third-order valence-electron chi connectivity index (χ3n) is 3.77. The Morgan fingerprint density at radius 2 is 1.72 bits per heavy atom. The van der Waals surface area contributed by atoms with Gasteiger partial charge in [-0.2, -0.15) is 0 Å². The SMILES string of the molecule is CCC(C(=O)NCC#CCOc1ccccc1OC)c1ccccc1. The number of methoxy groups -OCH3 is 1. The highest BCUT2D eigenvalue weighted by atomic mass is 16.5. The fourth-order valence-electron chi connectivity index (χ4n) is 2.48. The van der Waals surface area contributed by atoms with Crippen LogP contribution in [0.2, 0.25) is 0 Å². The lowest BCUT2D eigenvalue weighted by Gasteiger charge is -2.14. The van der Waals surface area contributed by atoms with Crippen LogP contribution in [-0.4, -0.2) is 26.2 Å². The Kier molecular flexibility index (Phi) is 7.40. The van der Waals surface area contributed by atoms with Crippen molar-refractivity contribution in [3.05, 3.63) is 60.2 Å². The predicted molar refractivity (Wildman–Crippen MR) is 98.7 cm³/mol. The van der Waals surface area contributed by atoms with Gasteiger partial charge >= 0.3 is 0 Å². The highest BCUT2D eigenvalue weighted by molar-refractivity contribution is 5.83. The normalized spacial score (nSPS) is 11.0. The smallest absolute Gasteiger partial charge is 0.228 e.